The minimum Gasteiger partial charge on any atom is -0.392 e. The Labute approximate surface area is 81.1 Å². The number of rotatable bonds is 6. The SMILES string of the molecule is CCCN(CC(N)=S)CC(C)C. The maximum Gasteiger partial charge on any atom is 0.0870 e. The fourth-order valence-electron chi connectivity index (χ4n) is 1.29. The Morgan fingerprint density at radius 1 is 1.50 bits per heavy atom. The molecule has 0 aromatic carbocycles. The number of thiocarbonyl (C=S) groups is 1. The monoisotopic (exact) mass is 188 g/mol. The zero-order valence-corrected chi connectivity index (χ0v) is 9.16. The van der Waals surface area contributed by atoms with Crippen molar-refractivity contribution < 1.29 is 0 Å². The van der Waals surface area contributed by atoms with Crippen LogP contribution in [0.3, 0.4) is 0 Å². The van der Waals surface area contributed by atoms with E-state index in [1.807, 2.05) is 0 Å². The van der Waals surface area contributed by atoms with E-state index in [1.165, 1.54) is 0 Å². The summed E-state index contributed by atoms with van der Waals surface area (Å²) in [4.78, 5) is 2.91. The Balaban J connectivity index is 3.77. The molecule has 0 aromatic rings. The van der Waals surface area contributed by atoms with E-state index in [1.54, 1.807) is 0 Å². The van der Waals surface area contributed by atoms with Gasteiger partial charge in [0.25, 0.3) is 0 Å². The second kappa shape index (κ2) is 6.38. The number of nitrogens with zero attached hydrogens (tertiary/aromatic N) is 1. The van der Waals surface area contributed by atoms with Crippen LogP contribution in [0.2, 0.25) is 0 Å². The summed E-state index contributed by atoms with van der Waals surface area (Å²) in [5.41, 5.74) is 5.49. The van der Waals surface area contributed by atoms with Crippen molar-refractivity contribution in [3.8, 4) is 0 Å². The summed E-state index contributed by atoms with van der Waals surface area (Å²) >= 11 is 4.87. The first-order valence-corrected chi connectivity index (χ1v) is 4.97. The minimum atomic E-state index is 0.601. The molecule has 0 fully saturated rings. The van der Waals surface area contributed by atoms with Gasteiger partial charge in [-0.3, -0.25) is 4.90 Å². The number of nitrogens with two attached hydrogens (primary N) is 1. The highest BCUT2D eigenvalue weighted by molar-refractivity contribution is 7.80. The topological polar surface area (TPSA) is 29.3 Å². The predicted octanol–water partition coefficient (Wildman–Crippen LogP) is 1.64. The molecule has 0 unspecified atom stereocenters. The van der Waals surface area contributed by atoms with Gasteiger partial charge in [0.15, 0.2) is 0 Å². The summed E-state index contributed by atoms with van der Waals surface area (Å²) in [6, 6.07) is 0. The Hall–Kier alpha value is -0.150. The second-order valence-corrected chi connectivity index (χ2v) is 4.12. The largest absolute Gasteiger partial charge is 0.392 e. The first kappa shape index (κ1) is 11.8. The van der Waals surface area contributed by atoms with E-state index in [0.29, 0.717) is 10.9 Å². The highest BCUT2D eigenvalue weighted by Gasteiger charge is 2.06. The molecule has 0 aliphatic rings. The van der Waals surface area contributed by atoms with Crippen LogP contribution >= 0.6 is 12.2 Å². The van der Waals surface area contributed by atoms with Gasteiger partial charge in [0.2, 0.25) is 0 Å². The summed E-state index contributed by atoms with van der Waals surface area (Å²) in [5.74, 6) is 0.686. The van der Waals surface area contributed by atoms with E-state index in [2.05, 4.69) is 25.7 Å². The van der Waals surface area contributed by atoms with E-state index < -0.39 is 0 Å². The lowest BCUT2D eigenvalue weighted by molar-refractivity contribution is 0.277. The van der Waals surface area contributed by atoms with E-state index in [4.69, 9.17) is 18.0 Å². The van der Waals surface area contributed by atoms with E-state index in [0.717, 1.165) is 26.1 Å². The van der Waals surface area contributed by atoms with Crippen molar-refractivity contribution in [2.75, 3.05) is 19.6 Å². The molecule has 12 heavy (non-hydrogen) atoms. The maximum absolute atomic E-state index is 5.49. The highest BCUT2D eigenvalue weighted by Crippen LogP contribution is 1.99. The zero-order valence-electron chi connectivity index (χ0n) is 8.34. The van der Waals surface area contributed by atoms with E-state index >= 15 is 0 Å². The summed E-state index contributed by atoms with van der Waals surface area (Å²) in [6.45, 7) is 9.54. The molecule has 0 radical (unpaired) electrons. The molecule has 0 aliphatic heterocycles. The van der Waals surface area contributed by atoms with Gasteiger partial charge < -0.3 is 5.73 Å². The van der Waals surface area contributed by atoms with Crippen molar-refractivity contribution in [1.82, 2.24) is 4.90 Å². The quantitative estimate of drug-likeness (QED) is 0.643. The second-order valence-electron chi connectivity index (χ2n) is 3.60. The van der Waals surface area contributed by atoms with E-state index in [9.17, 15) is 0 Å². The van der Waals surface area contributed by atoms with Crippen molar-refractivity contribution in [3.63, 3.8) is 0 Å². The van der Waals surface area contributed by atoms with E-state index in [-0.39, 0.29) is 0 Å². The Morgan fingerprint density at radius 2 is 2.08 bits per heavy atom. The molecule has 0 saturated heterocycles. The first-order chi connectivity index (χ1) is 5.56. The molecule has 0 atom stereocenters. The molecule has 0 aromatic heterocycles. The number of hydrogen-bond donors (Lipinski definition) is 1. The van der Waals surface area contributed by atoms with Crippen molar-refractivity contribution in [3.05, 3.63) is 0 Å². The van der Waals surface area contributed by atoms with Crippen molar-refractivity contribution >= 4 is 17.2 Å². The van der Waals surface area contributed by atoms with Crippen LogP contribution in [0.1, 0.15) is 27.2 Å². The molecule has 2 N–H and O–H groups in total. The third-order valence-corrected chi connectivity index (χ3v) is 1.67. The van der Waals surface area contributed by atoms with Gasteiger partial charge in [-0.25, -0.2) is 0 Å². The van der Waals surface area contributed by atoms with Crippen LogP contribution in [-0.2, 0) is 0 Å². The summed E-state index contributed by atoms with van der Waals surface area (Å²) in [5, 5.41) is 0. The van der Waals surface area contributed by atoms with Crippen molar-refractivity contribution in [2.45, 2.75) is 27.2 Å². The first-order valence-electron chi connectivity index (χ1n) is 4.57. The molecule has 72 valence electrons. The van der Waals surface area contributed by atoms with Crippen LogP contribution in [0.4, 0.5) is 0 Å². The average Bonchev–Trinajstić information content (AvgIpc) is 1.84. The lowest BCUT2D eigenvalue weighted by atomic mass is 10.2. The van der Waals surface area contributed by atoms with Crippen LogP contribution in [-0.4, -0.2) is 29.5 Å². The van der Waals surface area contributed by atoms with Crippen LogP contribution in [0.25, 0.3) is 0 Å². The molecule has 0 saturated carbocycles. The van der Waals surface area contributed by atoms with Crippen molar-refractivity contribution in [2.24, 2.45) is 11.7 Å². The van der Waals surface area contributed by atoms with Crippen LogP contribution in [0, 0.1) is 5.92 Å². The summed E-state index contributed by atoms with van der Waals surface area (Å²) < 4.78 is 0. The molecule has 2 nitrogen and oxygen atoms in total. The standard InChI is InChI=1S/C9H20N2S/c1-4-5-11(6-8(2)3)7-9(10)12/h8H,4-7H2,1-3H3,(H2,10,12). The molecule has 0 amide bonds. The molecule has 0 aliphatic carbocycles. The third-order valence-electron chi connectivity index (χ3n) is 1.54. The molecular formula is C9H20N2S. The van der Waals surface area contributed by atoms with Crippen LogP contribution in [0.15, 0.2) is 0 Å². The van der Waals surface area contributed by atoms with Gasteiger partial charge >= 0.3 is 0 Å². The predicted molar refractivity (Wildman–Crippen MR) is 58.4 cm³/mol. The lowest BCUT2D eigenvalue weighted by Gasteiger charge is -2.22. The van der Waals surface area contributed by atoms with Gasteiger partial charge in [-0.2, -0.15) is 0 Å². The van der Waals surface area contributed by atoms with Crippen LogP contribution in [0.5, 0.6) is 0 Å². The van der Waals surface area contributed by atoms with Gasteiger partial charge in [-0.1, -0.05) is 33.0 Å². The normalized spacial score (nSPS) is 11.1. The Morgan fingerprint density at radius 3 is 2.42 bits per heavy atom. The van der Waals surface area contributed by atoms with Gasteiger partial charge in [-0.05, 0) is 18.9 Å². The van der Waals surface area contributed by atoms with Crippen LogP contribution < -0.4 is 5.73 Å². The average molecular weight is 188 g/mol. The molecule has 0 heterocycles. The minimum absolute atomic E-state index is 0.601. The highest BCUT2D eigenvalue weighted by atomic mass is 32.1. The Kier molecular flexibility index (Phi) is 6.30. The fourth-order valence-corrected chi connectivity index (χ4v) is 1.47. The smallest absolute Gasteiger partial charge is 0.0870 e. The zero-order chi connectivity index (χ0) is 9.56. The maximum atomic E-state index is 5.49. The fraction of sp³-hybridized carbons (Fsp3) is 0.889. The summed E-state index contributed by atoms with van der Waals surface area (Å²) in [7, 11) is 0. The molecular weight excluding hydrogens is 168 g/mol. The van der Waals surface area contributed by atoms with Gasteiger partial charge in [-0.15, -0.1) is 0 Å². The van der Waals surface area contributed by atoms with Gasteiger partial charge in [0.05, 0.1) is 4.99 Å². The van der Waals surface area contributed by atoms with Gasteiger partial charge in [0.1, 0.15) is 0 Å². The van der Waals surface area contributed by atoms with Crippen molar-refractivity contribution in [1.29, 1.82) is 0 Å². The molecule has 0 rings (SSSR count). The third kappa shape index (κ3) is 6.55. The molecule has 0 spiro atoms. The van der Waals surface area contributed by atoms with Gasteiger partial charge in [0, 0.05) is 13.1 Å². The lowest BCUT2D eigenvalue weighted by Crippen LogP contribution is -2.35. The molecule has 3 heteroatoms. The number of hydrogen-bond acceptors (Lipinski definition) is 2. The molecule has 0 bridgehead atoms. The summed E-state index contributed by atoms with van der Waals surface area (Å²) in [6.07, 6.45) is 1.16. The Bertz CT molecular complexity index is 134.